The highest BCUT2D eigenvalue weighted by Gasteiger charge is 2.46. The number of piperidine rings is 3. The first-order valence-corrected chi connectivity index (χ1v) is 13.1. The third-order valence-electron chi connectivity index (χ3n) is 7.60. The fourth-order valence-corrected chi connectivity index (χ4v) is 6.30. The maximum absolute atomic E-state index is 13.0. The Balaban J connectivity index is 0.000000420. The molecule has 4 heterocycles. The third-order valence-corrected chi connectivity index (χ3v) is 7.60. The summed E-state index contributed by atoms with van der Waals surface area (Å²) in [5.74, 6) is 0.571. The summed E-state index contributed by atoms with van der Waals surface area (Å²) in [7, 11) is 1.71. The number of aliphatic carboxylic acids is 2. The second-order valence-electron chi connectivity index (χ2n) is 10.5. The van der Waals surface area contributed by atoms with Crippen LogP contribution in [-0.2, 0) is 14.4 Å². The summed E-state index contributed by atoms with van der Waals surface area (Å²) >= 11 is 0. The fraction of sp³-hybridized carbons (Fsp3) is 0.667. The molecule has 10 nitrogen and oxygen atoms in total. The Kier molecular flexibility index (Phi) is 10.3. The van der Waals surface area contributed by atoms with E-state index in [0.29, 0.717) is 36.9 Å². The molecule has 1 aromatic rings. The van der Waals surface area contributed by atoms with Crippen LogP contribution in [0.1, 0.15) is 57.6 Å². The number of hydrogen-bond donors (Lipinski definition) is 4. The number of hydrogen-bond acceptors (Lipinski definition) is 7. The van der Waals surface area contributed by atoms with Crippen molar-refractivity contribution in [3.63, 3.8) is 0 Å². The van der Waals surface area contributed by atoms with E-state index in [1.54, 1.807) is 7.11 Å². The number of methoxy groups -OCH3 is 1. The Morgan fingerprint density at radius 1 is 0.973 bits per heavy atom. The van der Waals surface area contributed by atoms with Gasteiger partial charge in [0, 0.05) is 52.1 Å². The van der Waals surface area contributed by atoms with Gasteiger partial charge < -0.3 is 30.3 Å². The fourth-order valence-electron chi connectivity index (χ4n) is 6.30. The van der Waals surface area contributed by atoms with E-state index in [2.05, 4.69) is 39.4 Å². The van der Waals surface area contributed by atoms with E-state index in [0.717, 1.165) is 39.2 Å². The summed E-state index contributed by atoms with van der Waals surface area (Å²) < 4.78 is 5.33. The van der Waals surface area contributed by atoms with Crippen LogP contribution < -0.4 is 10.1 Å². The van der Waals surface area contributed by atoms with Crippen molar-refractivity contribution in [2.24, 2.45) is 11.8 Å². The smallest absolute Gasteiger partial charge is 0.300 e. The van der Waals surface area contributed by atoms with Gasteiger partial charge in [-0.15, -0.1) is 0 Å². The second-order valence-corrected chi connectivity index (χ2v) is 10.5. The summed E-state index contributed by atoms with van der Waals surface area (Å²) in [5, 5.41) is 27.8. The van der Waals surface area contributed by atoms with Crippen LogP contribution in [0.2, 0.25) is 0 Å². The highest BCUT2D eigenvalue weighted by molar-refractivity contribution is 5.82. The number of carboxylic acid groups (broad SMARTS) is 2. The van der Waals surface area contributed by atoms with Gasteiger partial charge in [-0.25, -0.2) is 0 Å². The third kappa shape index (κ3) is 7.90. The van der Waals surface area contributed by atoms with E-state index in [1.807, 2.05) is 0 Å². The van der Waals surface area contributed by atoms with Gasteiger partial charge in [0.05, 0.1) is 19.3 Å². The van der Waals surface area contributed by atoms with Gasteiger partial charge in [0.15, 0.2) is 0 Å². The summed E-state index contributed by atoms with van der Waals surface area (Å²) in [6.45, 7) is 5.53. The van der Waals surface area contributed by atoms with Crippen LogP contribution in [0.4, 0.5) is 0 Å². The highest BCUT2D eigenvalue weighted by atomic mass is 16.5. The van der Waals surface area contributed by atoms with Crippen LogP contribution >= 0.6 is 0 Å². The van der Waals surface area contributed by atoms with E-state index in [-0.39, 0.29) is 18.1 Å². The molecule has 0 aliphatic carbocycles. The molecule has 0 saturated carbocycles. The van der Waals surface area contributed by atoms with Gasteiger partial charge in [-0.2, -0.15) is 0 Å². The first-order valence-electron chi connectivity index (χ1n) is 13.1. The number of aliphatic hydroxyl groups is 1. The highest BCUT2D eigenvalue weighted by Crippen LogP contribution is 2.44. The Bertz CT molecular complexity index is 905. The number of carboxylic acids is 2. The number of nitrogens with zero attached hydrogens (tertiary/aromatic N) is 2. The van der Waals surface area contributed by atoms with Gasteiger partial charge >= 0.3 is 0 Å². The zero-order valence-electron chi connectivity index (χ0n) is 22.0. The Hall–Kier alpha value is -2.69. The second kappa shape index (κ2) is 13.2. The molecule has 4 fully saturated rings. The average Bonchev–Trinajstić information content (AvgIpc) is 3.29. The van der Waals surface area contributed by atoms with Crippen molar-refractivity contribution in [1.29, 1.82) is 0 Å². The molecule has 4 N–H and O–H groups in total. The Morgan fingerprint density at radius 3 is 2.19 bits per heavy atom. The summed E-state index contributed by atoms with van der Waals surface area (Å²) in [6, 6.07) is 9.47. The molecule has 0 radical (unpaired) electrons. The number of aliphatic hydroxyl groups excluding tert-OH is 1. The maximum atomic E-state index is 13.0. The monoisotopic (exact) mass is 519 g/mol. The lowest BCUT2D eigenvalue weighted by molar-refractivity contribution is -0.141. The normalized spacial score (nSPS) is 30.5. The lowest BCUT2D eigenvalue weighted by atomic mass is 9.73. The van der Waals surface area contributed by atoms with Crippen LogP contribution in [-0.4, -0.2) is 94.4 Å². The standard InChI is InChI=1S/C23H33N3O3.2C2H4O2/c1-29-19-7-5-16(6-8-19)21-3-2-4-22-17-9-15(13-26(21)22)12-25(14-17)23(28)20-10-18(27)11-24-20;2*1-2(3)4/h5-8,15,17-18,20-22,24,27H,2-4,9-14H2,1H3;2*1H3,(H,3,4)/t15-,17+,18+,20-,21+,22-;;/m0../s1. The SMILES string of the molecule is CC(=O)O.CC(=O)O.COc1ccc([C@H]2CCC[C@H]3[C@@H]4C[C@@H](CN(C(=O)[C@@H]5C[C@@H](O)CN5)C4)CN23)cc1. The molecule has 10 heteroatoms. The lowest BCUT2D eigenvalue weighted by Gasteiger charge is -2.55. The largest absolute Gasteiger partial charge is 0.497 e. The molecule has 4 aliphatic heterocycles. The molecular formula is C27H41N3O7. The number of benzene rings is 1. The molecule has 0 aromatic heterocycles. The van der Waals surface area contributed by atoms with Crippen molar-refractivity contribution in [2.75, 3.05) is 33.3 Å². The van der Waals surface area contributed by atoms with E-state index < -0.39 is 11.9 Å². The van der Waals surface area contributed by atoms with Crippen LogP contribution in [0.15, 0.2) is 24.3 Å². The predicted molar refractivity (Wildman–Crippen MR) is 137 cm³/mol. The van der Waals surface area contributed by atoms with Gasteiger partial charge in [-0.3, -0.25) is 19.3 Å². The number of carbonyl (C=O) groups is 3. The van der Waals surface area contributed by atoms with E-state index in [1.165, 1.54) is 31.2 Å². The predicted octanol–water partition coefficient (Wildman–Crippen LogP) is 1.97. The zero-order chi connectivity index (χ0) is 27.1. The van der Waals surface area contributed by atoms with Crippen LogP contribution in [0, 0.1) is 11.8 Å². The van der Waals surface area contributed by atoms with Crippen LogP contribution in [0.25, 0.3) is 0 Å². The molecule has 5 rings (SSSR count). The first-order chi connectivity index (χ1) is 17.6. The van der Waals surface area contributed by atoms with Gasteiger partial charge in [0.25, 0.3) is 11.9 Å². The molecule has 0 spiro atoms. The lowest BCUT2D eigenvalue weighted by Crippen LogP contribution is -2.61. The van der Waals surface area contributed by atoms with Gasteiger partial charge in [0.1, 0.15) is 5.75 Å². The maximum Gasteiger partial charge on any atom is 0.300 e. The molecule has 6 atom stereocenters. The van der Waals surface area contributed by atoms with Gasteiger partial charge in [-0.05, 0) is 61.6 Å². The van der Waals surface area contributed by atoms with Crippen molar-refractivity contribution < 1.29 is 34.4 Å². The van der Waals surface area contributed by atoms with Crippen LogP contribution in [0.5, 0.6) is 5.75 Å². The number of β-amino-alcohol motifs (C(OH)–C–C–N with tert-alkyl or cyclic N) is 1. The average molecular weight is 520 g/mol. The number of nitrogens with one attached hydrogen (secondary N) is 1. The van der Waals surface area contributed by atoms with Crippen molar-refractivity contribution in [1.82, 2.24) is 15.1 Å². The number of fused-ring (bicyclic) bond motifs is 4. The minimum absolute atomic E-state index is 0.196. The molecular weight excluding hydrogens is 478 g/mol. The number of rotatable bonds is 3. The van der Waals surface area contributed by atoms with E-state index >= 15 is 0 Å². The molecule has 0 unspecified atom stereocenters. The molecule has 206 valence electrons. The van der Waals surface area contributed by atoms with Gasteiger partial charge in [0.2, 0.25) is 5.91 Å². The number of likely N-dealkylation sites (tertiary alicyclic amines) is 1. The molecule has 37 heavy (non-hydrogen) atoms. The summed E-state index contributed by atoms with van der Waals surface area (Å²) in [4.78, 5) is 35.9. The van der Waals surface area contributed by atoms with E-state index in [4.69, 9.17) is 24.5 Å². The molecule has 1 amide bonds. The molecule has 1 aromatic carbocycles. The Labute approximate surface area is 218 Å². The van der Waals surface area contributed by atoms with Crippen molar-refractivity contribution >= 4 is 17.8 Å². The number of carbonyl (C=O) groups excluding carboxylic acids is 1. The minimum Gasteiger partial charge on any atom is -0.497 e. The van der Waals surface area contributed by atoms with E-state index in [9.17, 15) is 9.90 Å². The topological polar surface area (TPSA) is 140 Å². The molecule has 2 bridgehead atoms. The van der Waals surface area contributed by atoms with Crippen molar-refractivity contribution in [2.45, 2.75) is 70.2 Å². The minimum atomic E-state index is -0.833. The van der Waals surface area contributed by atoms with Crippen molar-refractivity contribution in [3.05, 3.63) is 29.8 Å². The first kappa shape index (κ1) is 28.9. The Morgan fingerprint density at radius 2 is 1.62 bits per heavy atom. The zero-order valence-corrected chi connectivity index (χ0v) is 22.0. The number of ether oxygens (including phenoxy) is 1. The number of amides is 1. The summed E-state index contributed by atoms with van der Waals surface area (Å²) in [5.41, 5.74) is 1.40. The molecule has 4 saturated heterocycles. The molecule has 4 aliphatic rings. The van der Waals surface area contributed by atoms with Crippen LogP contribution in [0.3, 0.4) is 0 Å². The quantitative estimate of drug-likeness (QED) is 0.472. The van der Waals surface area contributed by atoms with Gasteiger partial charge in [-0.1, -0.05) is 12.1 Å². The summed E-state index contributed by atoms with van der Waals surface area (Å²) in [6.07, 6.45) is 5.14. The van der Waals surface area contributed by atoms with Crippen molar-refractivity contribution in [3.8, 4) is 5.75 Å².